The van der Waals surface area contributed by atoms with Gasteiger partial charge in [-0.3, -0.25) is 0 Å². The smallest absolute Gasteiger partial charge is 0.128 e. The maximum absolute atomic E-state index is 13.5. The molecule has 1 atom stereocenters. The average Bonchev–Trinajstić information content (AvgIpc) is 2.51. The second-order valence-corrected chi connectivity index (χ2v) is 4.35. The van der Waals surface area contributed by atoms with Gasteiger partial charge in [-0.05, 0) is 37.7 Å². The summed E-state index contributed by atoms with van der Waals surface area (Å²) in [5.41, 5.74) is 0.804. The first-order valence-electron chi connectivity index (χ1n) is 4.80. The molecule has 0 spiro atoms. The number of likely N-dealkylation sites (N-methyl/N-ethyl adjacent to an activating group) is 1. The molecule has 1 aromatic rings. The van der Waals surface area contributed by atoms with Crippen LogP contribution < -0.4 is 0 Å². The van der Waals surface area contributed by atoms with Crippen LogP contribution in [0.5, 0.6) is 0 Å². The van der Waals surface area contributed by atoms with Crippen molar-refractivity contribution in [2.24, 2.45) is 0 Å². The van der Waals surface area contributed by atoms with E-state index in [0.717, 1.165) is 25.1 Å². The molecular weight excluding hydrogens is 201 g/mol. The summed E-state index contributed by atoms with van der Waals surface area (Å²) >= 11 is 5.70. The van der Waals surface area contributed by atoms with Gasteiger partial charge in [0.15, 0.2) is 0 Å². The summed E-state index contributed by atoms with van der Waals surface area (Å²) in [6.07, 6.45) is 1.04. The van der Waals surface area contributed by atoms with Crippen LogP contribution in [-0.4, -0.2) is 25.0 Å². The fourth-order valence-corrected chi connectivity index (χ4v) is 2.18. The molecule has 1 unspecified atom stereocenters. The predicted molar refractivity (Wildman–Crippen MR) is 56.3 cm³/mol. The van der Waals surface area contributed by atoms with E-state index in [0.29, 0.717) is 10.9 Å². The van der Waals surface area contributed by atoms with Gasteiger partial charge in [0.1, 0.15) is 5.82 Å². The van der Waals surface area contributed by atoms with Crippen LogP contribution in [0.15, 0.2) is 18.2 Å². The van der Waals surface area contributed by atoms with E-state index in [2.05, 4.69) is 11.9 Å². The van der Waals surface area contributed by atoms with Crippen LogP contribution in [0.1, 0.15) is 17.9 Å². The van der Waals surface area contributed by atoms with Gasteiger partial charge in [0.05, 0.1) is 0 Å². The molecule has 1 fully saturated rings. The van der Waals surface area contributed by atoms with Crippen LogP contribution in [-0.2, 0) is 0 Å². The van der Waals surface area contributed by atoms with E-state index in [1.807, 2.05) is 6.07 Å². The molecule has 1 nitrogen and oxygen atoms in total. The number of halogens is 2. The first-order chi connectivity index (χ1) is 6.66. The molecule has 0 radical (unpaired) electrons. The Morgan fingerprint density at radius 1 is 1.50 bits per heavy atom. The highest BCUT2D eigenvalue weighted by molar-refractivity contribution is 6.30. The standard InChI is InChI=1S/C11H13ClFN/c1-14-5-4-8(7-14)10-3-2-9(12)6-11(10)13/h2-3,6,8H,4-5,7H2,1H3. The topological polar surface area (TPSA) is 3.24 Å². The van der Waals surface area contributed by atoms with E-state index in [9.17, 15) is 4.39 Å². The van der Waals surface area contributed by atoms with Gasteiger partial charge < -0.3 is 4.90 Å². The Bertz CT molecular complexity index is 340. The van der Waals surface area contributed by atoms with Crippen molar-refractivity contribution in [3.05, 3.63) is 34.6 Å². The third-order valence-electron chi connectivity index (χ3n) is 2.79. The molecular formula is C11H13ClFN. The lowest BCUT2D eigenvalue weighted by Gasteiger charge is -2.11. The molecule has 1 aliphatic heterocycles. The van der Waals surface area contributed by atoms with Crippen LogP contribution in [0.2, 0.25) is 5.02 Å². The van der Waals surface area contributed by atoms with E-state index in [1.54, 1.807) is 6.07 Å². The highest BCUT2D eigenvalue weighted by Crippen LogP contribution is 2.29. The molecule has 0 N–H and O–H groups in total. The minimum absolute atomic E-state index is 0.169. The van der Waals surface area contributed by atoms with E-state index >= 15 is 0 Å². The summed E-state index contributed by atoms with van der Waals surface area (Å²) in [5.74, 6) is 0.162. The Hall–Kier alpha value is -0.600. The fourth-order valence-electron chi connectivity index (χ4n) is 2.02. The monoisotopic (exact) mass is 213 g/mol. The van der Waals surface area contributed by atoms with Crippen molar-refractivity contribution in [1.82, 2.24) is 4.90 Å². The van der Waals surface area contributed by atoms with Crippen LogP contribution in [0, 0.1) is 5.82 Å². The zero-order valence-corrected chi connectivity index (χ0v) is 8.89. The number of benzene rings is 1. The number of likely N-dealkylation sites (tertiary alicyclic amines) is 1. The average molecular weight is 214 g/mol. The van der Waals surface area contributed by atoms with Crippen LogP contribution in [0.4, 0.5) is 4.39 Å². The maximum Gasteiger partial charge on any atom is 0.128 e. The van der Waals surface area contributed by atoms with E-state index in [4.69, 9.17) is 11.6 Å². The Kier molecular flexibility index (Phi) is 2.75. The number of rotatable bonds is 1. The minimum atomic E-state index is -0.169. The van der Waals surface area contributed by atoms with Gasteiger partial charge in [0.25, 0.3) is 0 Å². The van der Waals surface area contributed by atoms with Crippen molar-refractivity contribution in [2.75, 3.05) is 20.1 Å². The van der Waals surface area contributed by atoms with Gasteiger partial charge in [-0.15, -0.1) is 0 Å². The highest BCUT2D eigenvalue weighted by atomic mass is 35.5. The molecule has 1 heterocycles. The Balaban J connectivity index is 2.24. The van der Waals surface area contributed by atoms with Crippen molar-refractivity contribution >= 4 is 11.6 Å². The molecule has 0 aliphatic carbocycles. The second-order valence-electron chi connectivity index (χ2n) is 3.91. The summed E-state index contributed by atoms with van der Waals surface area (Å²) in [4.78, 5) is 2.22. The largest absolute Gasteiger partial charge is 0.306 e. The number of hydrogen-bond acceptors (Lipinski definition) is 1. The summed E-state index contributed by atoms with van der Waals surface area (Å²) in [6, 6.07) is 4.97. The Morgan fingerprint density at radius 2 is 2.29 bits per heavy atom. The van der Waals surface area contributed by atoms with Gasteiger partial charge in [0.2, 0.25) is 0 Å². The van der Waals surface area contributed by atoms with Gasteiger partial charge in [0, 0.05) is 17.5 Å². The molecule has 3 heteroatoms. The normalized spacial score (nSPS) is 22.9. The Morgan fingerprint density at radius 3 is 2.86 bits per heavy atom. The molecule has 2 rings (SSSR count). The van der Waals surface area contributed by atoms with Gasteiger partial charge >= 0.3 is 0 Å². The molecule has 1 saturated heterocycles. The van der Waals surface area contributed by atoms with Crippen LogP contribution in [0.25, 0.3) is 0 Å². The summed E-state index contributed by atoms with van der Waals surface area (Å²) in [5, 5.41) is 0.470. The quantitative estimate of drug-likeness (QED) is 0.694. The van der Waals surface area contributed by atoms with Crippen molar-refractivity contribution in [1.29, 1.82) is 0 Å². The minimum Gasteiger partial charge on any atom is -0.306 e. The highest BCUT2D eigenvalue weighted by Gasteiger charge is 2.23. The zero-order chi connectivity index (χ0) is 10.1. The molecule has 14 heavy (non-hydrogen) atoms. The number of nitrogens with zero attached hydrogens (tertiary/aromatic N) is 1. The maximum atomic E-state index is 13.5. The molecule has 0 amide bonds. The lowest BCUT2D eigenvalue weighted by atomic mass is 9.98. The molecule has 0 aromatic heterocycles. The molecule has 0 saturated carbocycles. The van der Waals surface area contributed by atoms with E-state index in [1.165, 1.54) is 6.07 Å². The number of hydrogen-bond donors (Lipinski definition) is 0. The molecule has 76 valence electrons. The van der Waals surface area contributed by atoms with Crippen LogP contribution in [0.3, 0.4) is 0 Å². The molecule has 1 aromatic carbocycles. The van der Waals surface area contributed by atoms with Gasteiger partial charge in [-0.2, -0.15) is 0 Å². The Labute approximate surface area is 88.5 Å². The van der Waals surface area contributed by atoms with Crippen LogP contribution >= 0.6 is 11.6 Å². The zero-order valence-electron chi connectivity index (χ0n) is 8.13. The summed E-state index contributed by atoms with van der Waals surface area (Å²) < 4.78 is 13.5. The summed E-state index contributed by atoms with van der Waals surface area (Å²) in [7, 11) is 2.06. The lowest BCUT2D eigenvalue weighted by molar-refractivity contribution is 0.410. The first-order valence-corrected chi connectivity index (χ1v) is 5.18. The van der Waals surface area contributed by atoms with E-state index in [-0.39, 0.29) is 5.82 Å². The summed E-state index contributed by atoms with van der Waals surface area (Å²) in [6.45, 7) is 1.99. The van der Waals surface area contributed by atoms with Crippen molar-refractivity contribution in [2.45, 2.75) is 12.3 Å². The third kappa shape index (κ3) is 1.91. The van der Waals surface area contributed by atoms with Crippen molar-refractivity contribution < 1.29 is 4.39 Å². The SMILES string of the molecule is CN1CCC(c2ccc(Cl)cc2F)C1. The van der Waals surface area contributed by atoms with E-state index < -0.39 is 0 Å². The van der Waals surface area contributed by atoms with Crippen molar-refractivity contribution in [3.63, 3.8) is 0 Å². The third-order valence-corrected chi connectivity index (χ3v) is 3.03. The van der Waals surface area contributed by atoms with Gasteiger partial charge in [-0.25, -0.2) is 4.39 Å². The fraction of sp³-hybridized carbons (Fsp3) is 0.455. The lowest BCUT2D eigenvalue weighted by Crippen LogP contribution is -2.13. The second kappa shape index (κ2) is 3.87. The molecule has 0 bridgehead atoms. The first kappa shape index (κ1) is 9.94. The predicted octanol–water partition coefficient (Wildman–Crippen LogP) is 2.90. The van der Waals surface area contributed by atoms with Crippen molar-refractivity contribution in [3.8, 4) is 0 Å². The molecule has 1 aliphatic rings. The van der Waals surface area contributed by atoms with Gasteiger partial charge in [-0.1, -0.05) is 17.7 Å².